The Balaban J connectivity index is 1.57. The lowest BCUT2D eigenvalue weighted by molar-refractivity contribution is -0.885. The van der Waals surface area contributed by atoms with E-state index < -0.39 is 16.4 Å². The van der Waals surface area contributed by atoms with Crippen LogP contribution in [0.2, 0.25) is 0 Å². The van der Waals surface area contributed by atoms with Crippen LogP contribution in [-0.4, -0.2) is 29.6 Å². The van der Waals surface area contributed by atoms with Gasteiger partial charge in [-0.3, -0.25) is 9.63 Å². The molecular weight excluding hydrogens is 462 g/mol. The van der Waals surface area contributed by atoms with Crippen molar-refractivity contribution in [1.29, 1.82) is 0 Å². The van der Waals surface area contributed by atoms with Crippen LogP contribution in [-0.2, 0) is 21.1 Å². The lowest BCUT2D eigenvalue weighted by Crippen LogP contribution is -2.40. The van der Waals surface area contributed by atoms with Gasteiger partial charge in [-0.1, -0.05) is 23.8 Å². The number of carbonyl (C=O) groups is 1. The quantitative estimate of drug-likeness (QED) is 0.383. The zero-order chi connectivity index (χ0) is 25.0. The predicted molar refractivity (Wildman–Crippen MR) is 136 cm³/mol. The van der Waals surface area contributed by atoms with Gasteiger partial charge in [0.15, 0.2) is 5.90 Å². The number of hydrogen-bond acceptors (Lipinski definition) is 5. The average molecular weight is 491 g/mol. The van der Waals surface area contributed by atoms with Crippen LogP contribution in [0, 0.1) is 6.92 Å². The van der Waals surface area contributed by atoms with E-state index >= 15 is 0 Å². The van der Waals surface area contributed by atoms with Gasteiger partial charge in [0.05, 0.1) is 21.6 Å². The van der Waals surface area contributed by atoms with E-state index in [1.54, 1.807) is 42.9 Å². The van der Waals surface area contributed by atoms with Gasteiger partial charge >= 0.3 is 0 Å². The van der Waals surface area contributed by atoms with E-state index in [0.717, 1.165) is 11.1 Å². The summed E-state index contributed by atoms with van der Waals surface area (Å²) in [5, 5.41) is 0. The van der Waals surface area contributed by atoms with Gasteiger partial charge < -0.3 is 9.46 Å². The smallest absolute Gasteiger partial charge is 0.233 e. The van der Waals surface area contributed by atoms with Crippen LogP contribution in [0.15, 0.2) is 89.2 Å². The van der Waals surface area contributed by atoms with E-state index in [1.165, 1.54) is 11.8 Å². The minimum Gasteiger partial charge on any atom is -0.476 e. The van der Waals surface area contributed by atoms with Gasteiger partial charge in [0, 0.05) is 22.6 Å². The first-order valence-electron chi connectivity index (χ1n) is 11.2. The zero-order valence-electron chi connectivity index (χ0n) is 20.1. The number of ether oxygens (including phenoxy) is 1. The van der Waals surface area contributed by atoms with Crippen LogP contribution >= 0.6 is 0 Å². The molecule has 8 heteroatoms. The first-order valence-corrected chi connectivity index (χ1v) is 12.3. The topological polar surface area (TPSA) is 80.9 Å². The number of aliphatic imine (C=N–C) groups is 1. The number of pyridine rings is 1. The second-order valence-corrected chi connectivity index (χ2v) is 9.88. The van der Waals surface area contributed by atoms with Crippen molar-refractivity contribution in [3.63, 3.8) is 0 Å². The van der Waals surface area contributed by atoms with E-state index in [1.807, 2.05) is 57.2 Å². The third-order valence-corrected chi connectivity index (χ3v) is 6.91. The van der Waals surface area contributed by atoms with Gasteiger partial charge in [-0.05, 0) is 62.7 Å². The van der Waals surface area contributed by atoms with E-state index in [9.17, 15) is 9.00 Å². The fourth-order valence-corrected chi connectivity index (χ4v) is 4.62. The number of nitrogens with zero attached hydrogens (tertiary/aromatic N) is 2. The van der Waals surface area contributed by atoms with Gasteiger partial charge in [0.1, 0.15) is 24.7 Å². The van der Waals surface area contributed by atoms with Crippen LogP contribution in [0.4, 0.5) is 5.69 Å². The fourth-order valence-electron chi connectivity index (χ4n) is 3.74. The summed E-state index contributed by atoms with van der Waals surface area (Å²) in [6.07, 6.45) is 6.92. The summed E-state index contributed by atoms with van der Waals surface area (Å²) in [6, 6.07) is 16.4. The molecule has 0 saturated heterocycles. The lowest BCUT2D eigenvalue weighted by Gasteiger charge is -2.27. The Labute approximate surface area is 207 Å². The number of ketones is 1. The Morgan fingerprint density at radius 1 is 1.17 bits per heavy atom. The van der Waals surface area contributed by atoms with Crippen molar-refractivity contribution < 1.29 is 23.3 Å². The molecule has 7 nitrogen and oxygen atoms in total. The summed E-state index contributed by atoms with van der Waals surface area (Å²) in [6.45, 7) is 6.49. The third kappa shape index (κ3) is 5.33. The molecule has 1 atom stereocenters. The second-order valence-electron chi connectivity index (χ2n) is 8.66. The highest BCUT2D eigenvalue weighted by Crippen LogP contribution is 2.28. The molecule has 0 fully saturated rings. The van der Waals surface area contributed by atoms with Crippen molar-refractivity contribution in [3.8, 4) is 0 Å². The van der Waals surface area contributed by atoms with Crippen LogP contribution in [0.3, 0.4) is 0 Å². The van der Waals surface area contributed by atoms with E-state index in [2.05, 4.69) is 9.71 Å². The summed E-state index contributed by atoms with van der Waals surface area (Å²) >= 11 is 0. The zero-order valence-corrected chi connectivity index (χ0v) is 21.0. The third-order valence-electron chi connectivity index (χ3n) is 5.81. The van der Waals surface area contributed by atoms with Gasteiger partial charge in [-0.15, -0.1) is 0 Å². The van der Waals surface area contributed by atoms with Crippen molar-refractivity contribution in [1.82, 2.24) is 0 Å². The summed E-state index contributed by atoms with van der Waals surface area (Å²) in [4.78, 5) is 23.4. The van der Waals surface area contributed by atoms with Gasteiger partial charge in [0.25, 0.3) is 0 Å². The van der Waals surface area contributed by atoms with Crippen LogP contribution in [0.1, 0.15) is 40.9 Å². The number of rotatable bonds is 8. The molecule has 180 valence electrons. The van der Waals surface area contributed by atoms with E-state index in [4.69, 9.17) is 9.57 Å². The molecule has 1 aromatic heterocycles. The number of aromatic nitrogens is 1. The van der Waals surface area contributed by atoms with Gasteiger partial charge in [-0.2, -0.15) is 0 Å². The minimum atomic E-state index is -1.57. The largest absolute Gasteiger partial charge is 0.476 e. The summed E-state index contributed by atoms with van der Waals surface area (Å²) in [5.74, 6) is 0.449. The number of hydrogen-bond donors (Lipinski definition) is 1. The Morgan fingerprint density at radius 2 is 1.94 bits per heavy atom. The maximum Gasteiger partial charge on any atom is 0.233 e. The number of aryl methyl sites for hydroxylation is 1. The molecule has 0 bridgehead atoms. The predicted octanol–water partition coefficient (Wildman–Crippen LogP) is 3.93. The first kappa shape index (κ1) is 24.3. The highest BCUT2D eigenvalue weighted by Gasteiger charge is 2.30. The lowest BCUT2D eigenvalue weighted by atomic mass is 9.84. The van der Waals surface area contributed by atoms with Crippen LogP contribution in [0.25, 0.3) is 0 Å². The van der Waals surface area contributed by atoms with Crippen molar-refractivity contribution in [2.24, 2.45) is 4.99 Å². The average Bonchev–Trinajstić information content (AvgIpc) is 2.89. The Bertz CT molecular complexity index is 1330. The molecular formula is C27H28N3O4S+. The van der Waals surface area contributed by atoms with Crippen molar-refractivity contribution in [3.05, 3.63) is 102 Å². The maximum atomic E-state index is 13.3. The highest BCUT2D eigenvalue weighted by molar-refractivity contribution is 7.86. The Morgan fingerprint density at radius 3 is 2.63 bits per heavy atom. The summed E-state index contributed by atoms with van der Waals surface area (Å²) < 4.78 is 23.3. The molecule has 4 rings (SSSR count). The normalized spacial score (nSPS) is 14.0. The van der Waals surface area contributed by atoms with E-state index in [-0.39, 0.29) is 5.78 Å². The Hall–Kier alpha value is -3.78. The van der Waals surface area contributed by atoms with Crippen LogP contribution in [0.5, 0.6) is 0 Å². The SMILES string of the molecule is CO[n+]1cccc(C(=O)c2cc(C)ccc2NS(=O)c2ccc(C(C)(C)C3=NC=CCO3)cc2)c1. The monoisotopic (exact) mass is 490 g/mol. The molecule has 0 aliphatic carbocycles. The number of nitrogens with one attached hydrogen (secondary N) is 1. The Kier molecular flexibility index (Phi) is 7.12. The standard InChI is InChI=1S/C27H27N3O4S/c1-19-8-13-24(23(17-19)25(31)20-7-5-15-30(18-20)33-4)29-35(32)22-11-9-21(10-12-22)27(2,3)26-28-14-6-16-34-26/h5-15,17-18H,16H2,1-4H3/p+1. The minimum absolute atomic E-state index is 0.195. The number of carbonyl (C=O) groups excluding carboxylic acids is 1. The van der Waals surface area contributed by atoms with Crippen molar-refractivity contribution in [2.45, 2.75) is 31.1 Å². The molecule has 35 heavy (non-hydrogen) atoms. The molecule has 1 aliphatic rings. The van der Waals surface area contributed by atoms with Crippen molar-refractivity contribution in [2.75, 3.05) is 18.4 Å². The molecule has 0 saturated carbocycles. The molecule has 1 unspecified atom stereocenters. The maximum absolute atomic E-state index is 13.3. The summed E-state index contributed by atoms with van der Waals surface area (Å²) in [5.41, 5.74) is 2.88. The number of anilines is 1. The van der Waals surface area contributed by atoms with Gasteiger partial charge in [0.2, 0.25) is 18.2 Å². The van der Waals surface area contributed by atoms with Crippen LogP contribution < -0.4 is 14.3 Å². The molecule has 0 amide bonds. The van der Waals surface area contributed by atoms with Crippen molar-refractivity contribution >= 4 is 28.4 Å². The molecule has 0 spiro atoms. The van der Waals surface area contributed by atoms with Gasteiger partial charge in [-0.25, -0.2) is 9.20 Å². The fraction of sp³-hybridized carbons (Fsp3) is 0.222. The molecule has 1 N–H and O–H groups in total. The first-order chi connectivity index (χ1) is 16.8. The van der Waals surface area contributed by atoms with E-state index in [0.29, 0.717) is 34.2 Å². The number of benzene rings is 2. The molecule has 2 heterocycles. The molecule has 3 aromatic rings. The molecule has 2 aromatic carbocycles. The molecule has 1 aliphatic heterocycles. The summed E-state index contributed by atoms with van der Waals surface area (Å²) in [7, 11) is -0.0508. The highest BCUT2D eigenvalue weighted by atomic mass is 32.2. The molecule has 0 radical (unpaired) electrons. The second kappa shape index (κ2) is 10.2.